The van der Waals surface area contributed by atoms with Crippen molar-refractivity contribution in [3.63, 3.8) is 0 Å². The van der Waals surface area contributed by atoms with E-state index in [1.165, 1.54) is 6.07 Å². The highest BCUT2D eigenvalue weighted by molar-refractivity contribution is 7.89. The lowest BCUT2D eigenvalue weighted by atomic mass is 9.56. The molecule has 3 saturated heterocycles. The summed E-state index contributed by atoms with van der Waals surface area (Å²) in [7, 11) is -3.23. The van der Waals surface area contributed by atoms with E-state index in [4.69, 9.17) is 0 Å². The lowest BCUT2D eigenvalue weighted by molar-refractivity contribution is -0.137. The molecule has 0 aromatic heterocycles. The summed E-state index contributed by atoms with van der Waals surface area (Å²) in [6.07, 6.45) is -2.78. The highest BCUT2D eigenvalue weighted by Gasteiger charge is 2.57. The van der Waals surface area contributed by atoms with E-state index in [9.17, 15) is 30.8 Å². The predicted octanol–water partition coefficient (Wildman–Crippen LogP) is 2.52. The first-order chi connectivity index (χ1) is 13.9. The molecule has 2 amide bonds. The second-order valence-electron chi connectivity index (χ2n) is 9.29. The molecule has 0 atom stereocenters. The van der Waals surface area contributed by atoms with Gasteiger partial charge in [0.15, 0.2) is 0 Å². The van der Waals surface area contributed by atoms with E-state index in [-0.39, 0.29) is 23.1 Å². The Morgan fingerprint density at radius 3 is 2.27 bits per heavy atom. The zero-order chi connectivity index (χ0) is 21.5. The molecule has 5 rings (SSSR count). The fourth-order valence-electron chi connectivity index (χ4n) is 5.40. The van der Waals surface area contributed by atoms with Crippen LogP contribution in [0.15, 0.2) is 18.2 Å². The van der Waals surface area contributed by atoms with Crippen molar-refractivity contribution in [1.82, 2.24) is 14.5 Å². The first kappa shape index (κ1) is 20.0. The average molecular weight is 447 g/mol. The van der Waals surface area contributed by atoms with Crippen molar-refractivity contribution in [3.8, 4) is 0 Å². The second-order valence-corrected chi connectivity index (χ2v) is 11.1. The SMILES string of the molecule is O=C(N1CC2(CC(c3ccc(C(F)(F)F)cc3F)C2)C1)N1CC2(CCS(=O)(=O)N2)C1. The Bertz CT molecular complexity index is 1010. The Balaban J connectivity index is 1.13. The third-order valence-corrected chi connectivity index (χ3v) is 8.41. The van der Waals surface area contributed by atoms with Crippen LogP contribution >= 0.6 is 0 Å². The number of carbonyl (C=O) groups is 1. The molecule has 1 saturated carbocycles. The number of sulfonamides is 1. The fraction of sp³-hybridized carbons (Fsp3) is 0.632. The van der Waals surface area contributed by atoms with Crippen LogP contribution in [-0.2, 0) is 16.2 Å². The molecule has 1 N–H and O–H groups in total. The van der Waals surface area contributed by atoms with Crippen LogP contribution in [0.5, 0.6) is 0 Å². The summed E-state index contributed by atoms with van der Waals surface area (Å²) >= 11 is 0. The molecule has 1 aromatic rings. The number of alkyl halides is 3. The minimum atomic E-state index is -4.57. The van der Waals surface area contributed by atoms with Gasteiger partial charge in [0.2, 0.25) is 10.0 Å². The van der Waals surface area contributed by atoms with Gasteiger partial charge in [-0.3, -0.25) is 0 Å². The molecule has 0 unspecified atom stereocenters. The Morgan fingerprint density at radius 2 is 1.73 bits per heavy atom. The van der Waals surface area contributed by atoms with Crippen LogP contribution in [0.4, 0.5) is 22.4 Å². The summed E-state index contributed by atoms with van der Waals surface area (Å²) in [6.45, 7) is 1.82. The number of halogens is 4. The fourth-order valence-corrected chi connectivity index (χ4v) is 7.05. The van der Waals surface area contributed by atoms with E-state index >= 15 is 0 Å². The molecule has 4 aliphatic rings. The van der Waals surface area contributed by atoms with Gasteiger partial charge >= 0.3 is 12.2 Å². The molecule has 4 fully saturated rings. The van der Waals surface area contributed by atoms with E-state index in [0.717, 1.165) is 6.07 Å². The molecular weight excluding hydrogens is 426 g/mol. The van der Waals surface area contributed by atoms with Gasteiger partial charge in [0.25, 0.3) is 0 Å². The number of amides is 2. The molecule has 0 radical (unpaired) electrons. The maximum absolute atomic E-state index is 14.2. The summed E-state index contributed by atoms with van der Waals surface area (Å²) in [4.78, 5) is 15.9. The Hall–Kier alpha value is -1.88. The molecule has 3 aliphatic heterocycles. The largest absolute Gasteiger partial charge is 0.416 e. The van der Waals surface area contributed by atoms with Crippen LogP contribution in [-0.4, -0.2) is 61.7 Å². The van der Waals surface area contributed by atoms with Crippen molar-refractivity contribution < 1.29 is 30.8 Å². The van der Waals surface area contributed by atoms with Gasteiger partial charge in [-0.1, -0.05) is 6.07 Å². The molecule has 30 heavy (non-hydrogen) atoms. The Morgan fingerprint density at radius 1 is 1.10 bits per heavy atom. The third kappa shape index (κ3) is 3.17. The van der Waals surface area contributed by atoms with Crippen LogP contribution in [0.3, 0.4) is 0 Å². The number of urea groups is 1. The third-order valence-electron chi connectivity index (χ3n) is 6.93. The quantitative estimate of drug-likeness (QED) is 0.673. The number of likely N-dealkylation sites (tertiary alicyclic amines) is 2. The standard InChI is InChI=1S/C19H21F4N3O3S/c20-15-5-13(19(21,22)23)1-2-14(15)12-6-17(7-12)8-25(9-17)16(27)26-10-18(11-26)3-4-30(28,29)24-18/h1-2,5,12,24H,3-4,6-11H2. The Kier molecular flexibility index (Phi) is 4.07. The number of benzene rings is 1. The minimum absolute atomic E-state index is 0.0871. The van der Waals surface area contributed by atoms with Crippen LogP contribution < -0.4 is 4.72 Å². The molecule has 0 bridgehead atoms. The highest BCUT2D eigenvalue weighted by atomic mass is 32.2. The summed E-state index contributed by atoms with van der Waals surface area (Å²) in [6, 6.07) is 2.56. The number of carbonyl (C=O) groups excluding carboxylic acids is 1. The summed E-state index contributed by atoms with van der Waals surface area (Å²) in [5.74, 6) is -0.879. The molecule has 1 aromatic carbocycles. The molecular formula is C19H21F4N3O3S. The van der Waals surface area contributed by atoms with E-state index in [0.29, 0.717) is 57.1 Å². The minimum Gasteiger partial charge on any atom is -0.323 e. The van der Waals surface area contributed by atoms with Gasteiger partial charge < -0.3 is 9.80 Å². The van der Waals surface area contributed by atoms with Gasteiger partial charge in [-0.15, -0.1) is 0 Å². The molecule has 11 heteroatoms. The monoisotopic (exact) mass is 447 g/mol. The zero-order valence-corrected chi connectivity index (χ0v) is 16.8. The van der Waals surface area contributed by atoms with Crippen LogP contribution in [0.2, 0.25) is 0 Å². The number of nitrogens with one attached hydrogen (secondary N) is 1. The predicted molar refractivity (Wildman–Crippen MR) is 98.6 cm³/mol. The molecule has 6 nitrogen and oxygen atoms in total. The van der Waals surface area contributed by atoms with Gasteiger partial charge in [-0.25, -0.2) is 22.3 Å². The number of hydrogen-bond donors (Lipinski definition) is 1. The smallest absolute Gasteiger partial charge is 0.323 e. The van der Waals surface area contributed by atoms with Crippen molar-refractivity contribution in [2.24, 2.45) is 5.41 Å². The molecule has 3 heterocycles. The summed E-state index contributed by atoms with van der Waals surface area (Å²) in [5, 5.41) is 0. The van der Waals surface area contributed by atoms with Gasteiger partial charge in [0.1, 0.15) is 5.82 Å². The first-order valence-corrected chi connectivity index (χ1v) is 11.5. The van der Waals surface area contributed by atoms with Crippen molar-refractivity contribution in [2.45, 2.75) is 36.9 Å². The number of rotatable bonds is 1. The van der Waals surface area contributed by atoms with Gasteiger partial charge in [-0.2, -0.15) is 13.2 Å². The normalized spacial score (nSPS) is 26.4. The molecule has 164 valence electrons. The number of nitrogens with zero attached hydrogens (tertiary/aromatic N) is 2. The van der Waals surface area contributed by atoms with Gasteiger partial charge in [0, 0.05) is 31.6 Å². The Labute approximate surface area is 171 Å². The van der Waals surface area contributed by atoms with E-state index in [1.807, 2.05) is 0 Å². The highest BCUT2D eigenvalue weighted by Crippen LogP contribution is 2.56. The lowest BCUT2D eigenvalue weighted by Gasteiger charge is -2.61. The van der Waals surface area contributed by atoms with E-state index in [1.54, 1.807) is 9.80 Å². The topological polar surface area (TPSA) is 69.7 Å². The van der Waals surface area contributed by atoms with Crippen molar-refractivity contribution in [2.75, 3.05) is 31.9 Å². The first-order valence-electron chi connectivity index (χ1n) is 9.82. The van der Waals surface area contributed by atoms with Crippen LogP contribution in [0.1, 0.15) is 36.3 Å². The molecule has 2 spiro atoms. The van der Waals surface area contributed by atoms with Crippen LogP contribution in [0.25, 0.3) is 0 Å². The van der Waals surface area contributed by atoms with E-state index < -0.39 is 33.1 Å². The number of hydrogen-bond acceptors (Lipinski definition) is 3. The van der Waals surface area contributed by atoms with Crippen molar-refractivity contribution in [1.29, 1.82) is 0 Å². The van der Waals surface area contributed by atoms with Gasteiger partial charge in [-0.05, 0) is 42.9 Å². The maximum atomic E-state index is 14.2. The second kappa shape index (κ2) is 6.09. The van der Waals surface area contributed by atoms with Crippen molar-refractivity contribution in [3.05, 3.63) is 35.1 Å². The lowest BCUT2D eigenvalue weighted by Crippen LogP contribution is -2.73. The van der Waals surface area contributed by atoms with E-state index in [2.05, 4.69) is 4.72 Å². The average Bonchev–Trinajstić information content (AvgIpc) is 2.87. The zero-order valence-electron chi connectivity index (χ0n) is 16.0. The maximum Gasteiger partial charge on any atom is 0.416 e. The van der Waals surface area contributed by atoms with Crippen LogP contribution in [0, 0.1) is 11.2 Å². The summed E-state index contributed by atoms with van der Waals surface area (Å²) in [5.41, 5.74) is -1.29. The van der Waals surface area contributed by atoms with Gasteiger partial charge in [0.05, 0.1) is 16.9 Å². The molecule has 1 aliphatic carbocycles. The van der Waals surface area contributed by atoms with Crippen molar-refractivity contribution >= 4 is 16.1 Å². The summed E-state index contributed by atoms with van der Waals surface area (Å²) < 4.78 is 78.1.